The SMILES string of the molecule is CN(C)P(=O)(N(C)C)N(C)C.[Cl][Al]([Cl])[Cl]. The molecule has 0 saturated heterocycles. The van der Waals surface area contributed by atoms with Crippen LogP contribution in [0.15, 0.2) is 0 Å². The van der Waals surface area contributed by atoms with Crippen molar-refractivity contribution in [3.05, 3.63) is 0 Å². The Labute approximate surface area is 110 Å². The van der Waals surface area contributed by atoms with Crippen LogP contribution >= 0.6 is 37.7 Å². The molecule has 0 aromatic heterocycles. The Balaban J connectivity index is 0. The molecule has 15 heavy (non-hydrogen) atoms. The molecular formula is C6H18AlCl3N3OP. The molecule has 0 bridgehead atoms. The molecule has 0 spiro atoms. The number of nitrogens with zero attached hydrogens (tertiary/aromatic N) is 3. The third-order valence-corrected chi connectivity index (χ3v) is 4.69. The van der Waals surface area contributed by atoms with E-state index in [2.05, 4.69) is 0 Å². The third-order valence-electron chi connectivity index (χ3n) is 1.56. The minimum Gasteiger partial charge on any atom is -0.270 e. The largest absolute Gasteiger partial charge is 0.643 e. The first kappa shape index (κ1) is 18.9. The molecule has 0 rings (SSSR count). The molecule has 0 unspecified atom stereocenters. The van der Waals surface area contributed by atoms with E-state index in [1.807, 2.05) is 42.3 Å². The zero-order chi connectivity index (χ0) is 12.8. The predicted octanol–water partition coefficient (Wildman–Crippen LogP) is 2.47. The van der Waals surface area contributed by atoms with E-state index in [0.717, 1.165) is 0 Å². The summed E-state index contributed by atoms with van der Waals surface area (Å²) in [7, 11) is 23.3. The molecule has 0 N–H and O–H groups in total. The van der Waals surface area contributed by atoms with Crippen LogP contribution in [0.3, 0.4) is 0 Å². The Hall–Kier alpha value is 1.51. The Kier molecular flexibility index (Phi) is 10.8. The second-order valence-corrected chi connectivity index (χ2v) is 13.2. The summed E-state index contributed by atoms with van der Waals surface area (Å²) in [4.78, 5) is 0. The van der Waals surface area contributed by atoms with Crippen molar-refractivity contribution >= 4 is 49.1 Å². The average molecular weight is 313 g/mol. The fraction of sp³-hybridized carbons (Fsp3) is 1.00. The van der Waals surface area contributed by atoms with Crippen LogP contribution in [0.4, 0.5) is 0 Å². The van der Waals surface area contributed by atoms with Crippen LogP contribution in [-0.2, 0) is 4.57 Å². The van der Waals surface area contributed by atoms with Gasteiger partial charge < -0.3 is 0 Å². The first-order chi connectivity index (χ1) is 6.56. The van der Waals surface area contributed by atoms with Gasteiger partial charge in [-0.1, -0.05) is 0 Å². The van der Waals surface area contributed by atoms with Crippen LogP contribution < -0.4 is 0 Å². The fourth-order valence-electron chi connectivity index (χ4n) is 1.07. The van der Waals surface area contributed by atoms with Gasteiger partial charge in [-0.05, 0) is 42.3 Å². The molecule has 0 amide bonds. The number of rotatable bonds is 3. The summed E-state index contributed by atoms with van der Waals surface area (Å²) in [5.74, 6) is 0. The van der Waals surface area contributed by atoms with Gasteiger partial charge in [0.2, 0.25) is 0 Å². The summed E-state index contributed by atoms with van der Waals surface area (Å²) in [5, 5.41) is 0. The Morgan fingerprint density at radius 2 is 0.933 bits per heavy atom. The molecule has 0 radical (unpaired) electrons. The maximum atomic E-state index is 12.1. The standard InChI is InChI=1S/C6H18N3OP.Al.3ClH/c1-7(2)11(10,8(3)4)9(5)6;;;;/h1-6H3;;3*1H/q;+3;;;/p-3. The van der Waals surface area contributed by atoms with Crippen LogP contribution in [0.5, 0.6) is 0 Å². The smallest absolute Gasteiger partial charge is 0.270 e. The normalized spacial score (nSPS) is 11.7. The van der Waals surface area contributed by atoms with Gasteiger partial charge in [0, 0.05) is 0 Å². The first-order valence-electron chi connectivity index (χ1n) is 4.12. The summed E-state index contributed by atoms with van der Waals surface area (Å²) in [6.07, 6.45) is 0. The maximum Gasteiger partial charge on any atom is 0.643 e. The monoisotopic (exact) mass is 311 g/mol. The highest BCUT2D eigenvalue weighted by atomic mass is 35.8. The third kappa shape index (κ3) is 7.44. The molecule has 0 atom stereocenters. The van der Waals surface area contributed by atoms with Crippen LogP contribution in [-0.4, -0.2) is 67.7 Å². The predicted molar refractivity (Wildman–Crippen MR) is 72.0 cm³/mol. The van der Waals surface area contributed by atoms with E-state index in [-0.39, 0.29) is 0 Å². The van der Waals surface area contributed by atoms with Crippen LogP contribution in [0, 0.1) is 0 Å². The van der Waals surface area contributed by atoms with Crippen molar-refractivity contribution in [1.82, 2.24) is 14.0 Å². The van der Waals surface area contributed by atoms with E-state index < -0.39 is 19.0 Å². The van der Waals surface area contributed by atoms with E-state index in [0.29, 0.717) is 0 Å². The number of hydrogen-bond acceptors (Lipinski definition) is 1. The van der Waals surface area contributed by atoms with E-state index in [4.69, 9.17) is 30.1 Å². The van der Waals surface area contributed by atoms with Crippen molar-refractivity contribution in [1.29, 1.82) is 0 Å². The van der Waals surface area contributed by atoms with E-state index in [1.165, 1.54) is 0 Å². The molecule has 4 nitrogen and oxygen atoms in total. The molecule has 0 saturated carbocycles. The molecule has 0 aliphatic rings. The topological polar surface area (TPSA) is 26.8 Å². The highest BCUT2D eigenvalue weighted by Gasteiger charge is 2.30. The summed E-state index contributed by atoms with van der Waals surface area (Å²) in [6, 6.07) is 0. The zero-order valence-electron chi connectivity index (χ0n) is 9.91. The molecule has 92 valence electrons. The van der Waals surface area contributed by atoms with Gasteiger partial charge in [-0.25, -0.2) is 44.2 Å². The molecule has 0 fully saturated rings. The second kappa shape index (κ2) is 8.58. The molecule has 0 aromatic rings. The van der Waals surface area contributed by atoms with Gasteiger partial charge in [0.25, 0.3) is 7.59 Å². The molecule has 0 aliphatic heterocycles. The molecule has 0 aliphatic carbocycles. The lowest BCUT2D eigenvalue weighted by Gasteiger charge is -2.34. The van der Waals surface area contributed by atoms with Crippen molar-refractivity contribution in [3.8, 4) is 0 Å². The summed E-state index contributed by atoms with van der Waals surface area (Å²) in [5.41, 5.74) is 0. The summed E-state index contributed by atoms with van der Waals surface area (Å²) >= 11 is -1.72. The van der Waals surface area contributed by atoms with Gasteiger partial charge >= 0.3 is 11.4 Å². The quantitative estimate of drug-likeness (QED) is 0.591. The minimum absolute atomic E-state index is 1.72. The van der Waals surface area contributed by atoms with Gasteiger partial charge in [-0.3, -0.25) is 4.57 Å². The van der Waals surface area contributed by atoms with Crippen molar-refractivity contribution in [2.24, 2.45) is 0 Å². The lowest BCUT2D eigenvalue weighted by molar-refractivity contribution is 0.383. The maximum absolute atomic E-state index is 12.1. The summed E-state index contributed by atoms with van der Waals surface area (Å²) in [6.45, 7) is 0. The zero-order valence-corrected chi connectivity index (χ0v) is 14.2. The Bertz CT molecular complexity index is 185. The van der Waals surface area contributed by atoms with Gasteiger partial charge in [0.1, 0.15) is 0 Å². The fourth-order valence-corrected chi connectivity index (χ4v) is 3.22. The highest BCUT2D eigenvalue weighted by Crippen LogP contribution is 2.50. The van der Waals surface area contributed by atoms with E-state index in [1.54, 1.807) is 14.0 Å². The average Bonchev–Trinajstić information content (AvgIpc) is 2.00. The van der Waals surface area contributed by atoms with Gasteiger partial charge in [0.05, 0.1) is 0 Å². The highest BCUT2D eigenvalue weighted by molar-refractivity contribution is 7.56. The summed E-state index contributed by atoms with van der Waals surface area (Å²) < 4.78 is 17.3. The Morgan fingerprint density at radius 1 is 0.800 bits per heavy atom. The van der Waals surface area contributed by atoms with E-state index in [9.17, 15) is 4.57 Å². The van der Waals surface area contributed by atoms with Crippen LogP contribution in [0.25, 0.3) is 0 Å². The van der Waals surface area contributed by atoms with Crippen molar-refractivity contribution < 1.29 is 4.57 Å². The minimum atomic E-state index is -2.44. The lowest BCUT2D eigenvalue weighted by Crippen LogP contribution is -2.30. The molecule has 9 heteroatoms. The van der Waals surface area contributed by atoms with Crippen molar-refractivity contribution in [3.63, 3.8) is 0 Å². The van der Waals surface area contributed by atoms with Crippen LogP contribution in [0.2, 0.25) is 0 Å². The van der Waals surface area contributed by atoms with Crippen molar-refractivity contribution in [2.75, 3.05) is 42.3 Å². The van der Waals surface area contributed by atoms with Gasteiger partial charge in [-0.15, -0.1) is 0 Å². The van der Waals surface area contributed by atoms with Crippen molar-refractivity contribution in [2.45, 2.75) is 0 Å². The van der Waals surface area contributed by atoms with Gasteiger partial charge in [0.15, 0.2) is 0 Å². The van der Waals surface area contributed by atoms with E-state index >= 15 is 0 Å². The van der Waals surface area contributed by atoms with Gasteiger partial charge in [-0.2, -0.15) is 0 Å². The molecular weight excluding hydrogens is 294 g/mol. The molecule has 0 heterocycles. The first-order valence-corrected chi connectivity index (χ1v) is 10.9. The lowest BCUT2D eigenvalue weighted by atomic mass is 11.2. The molecule has 0 aromatic carbocycles. The number of hydrogen-bond donors (Lipinski definition) is 0. The van der Waals surface area contributed by atoms with Crippen LogP contribution in [0.1, 0.15) is 0 Å². The second-order valence-electron chi connectivity index (χ2n) is 3.30. The Morgan fingerprint density at radius 3 is 0.933 bits per heavy atom. The number of halogens is 3.